The zero-order chi connectivity index (χ0) is 17.6. The molecule has 0 aliphatic carbocycles. The van der Waals surface area contributed by atoms with Crippen LogP contribution in [0.1, 0.15) is 20.3 Å². The summed E-state index contributed by atoms with van der Waals surface area (Å²) in [5, 5.41) is 4.78. The summed E-state index contributed by atoms with van der Waals surface area (Å²) in [7, 11) is -3.46. The van der Waals surface area contributed by atoms with Gasteiger partial charge in [0, 0.05) is 25.5 Å². The highest BCUT2D eigenvalue weighted by Crippen LogP contribution is 2.24. The highest BCUT2D eigenvalue weighted by Gasteiger charge is 2.22. The van der Waals surface area contributed by atoms with Crippen LogP contribution in [0.2, 0.25) is 0 Å². The molecular formula is C16H22N4O3S. The second-order valence-corrected chi connectivity index (χ2v) is 8.10. The van der Waals surface area contributed by atoms with Crippen molar-refractivity contribution in [2.45, 2.75) is 37.0 Å². The fourth-order valence-corrected chi connectivity index (χ4v) is 3.32. The molecule has 0 saturated heterocycles. The van der Waals surface area contributed by atoms with Gasteiger partial charge in [-0.15, -0.1) is 0 Å². The van der Waals surface area contributed by atoms with Gasteiger partial charge in [0.15, 0.2) is 9.84 Å². The molecule has 0 aliphatic heterocycles. The zero-order valence-corrected chi connectivity index (χ0v) is 14.6. The van der Waals surface area contributed by atoms with Crippen LogP contribution in [0.25, 0.3) is 0 Å². The number of anilines is 1. The number of rotatable bonds is 7. The van der Waals surface area contributed by atoms with Gasteiger partial charge in [0.05, 0.1) is 22.2 Å². The molecule has 8 heteroatoms. The first kappa shape index (κ1) is 18.0. The molecule has 2 amide bonds. The number of imidazole rings is 1. The standard InChI is InChI=1S/C16H22N4O3S/c1-13(2)24(22,23)15-7-4-3-6-14(15)19-16(21)18-8-5-10-20-11-9-17-12-20/h3-4,6-7,9,11-13H,5,8,10H2,1-2H3,(H2,18,19,21). The van der Waals surface area contributed by atoms with Gasteiger partial charge in [-0.2, -0.15) is 0 Å². The van der Waals surface area contributed by atoms with E-state index in [1.165, 1.54) is 6.07 Å². The lowest BCUT2D eigenvalue weighted by Gasteiger charge is -2.14. The van der Waals surface area contributed by atoms with Gasteiger partial charge in [-0.3, -0.25) is 0 Å². The number of hydrogen-bond donors (Lipinski definition) is 2. The summed E-state index contributed by atoms with van der Waals surface area (Å²) in [6.45, 7) is 4.45. The number of urea groups is 1. The summed E-state index contributed by atoms with van der Waals surface area (Å²) >= 11 is 0. The molecule has 1 aromatic carbocycles. The van der Waals surface area contributed by atoms with Crippen LogP contribution in [-0.2, 0) is 16.4 Å². The molecular weight excluding hydrogens is 328 g/mol. The number of carbonyl (C=O) groups excluding carboxylic acids is 1. The Morgan fingerprint density at radius 2 is 2.04 bits per heavy atom. The molecule has 1 heterocycles. The Hall–Kier alpha value is -2.35. The smallest absolute Gasteiger partial charge is 0.319 e. The third kappa shape index (κ3) is 4.58. The molecule has 2 N–H and O–H groups in total. The van der Waals surface area contributed by atoms with Crippen molar-refractivity contribution in [1.82, 2.24) is 14.9 Å². The molecule has 0 unspecified atom stereocenters. The minimum Gasteiger partial charge on any atom is -0.338 e. The molecule has 0 radical (unpaired) electrons. The number of nitrogens with one attached hydrogen (secondary N) is 2. The molecule has 0 saturated carbocycles. The van der Waals surface area contributed by atoms with Crippen molar-refractivity contribution >= 4 is 21.6 Å². The quantitative estimate of drug-likeness (QED) is 0.749. The minimum atomic E-state index is -3.46. The van der Waals surface area contributed by atoms with Crippen molar-refractivity contribution in [3.05, 3.63) is 43.0 Å². The van der Waals surface area contributed by atoms with Crippen LogP contribution < -0.4 is 10.6 Å². The largest absolute Gasteiger partial charge is 0.338 e. The van der Waals surface area contributed by atoms with E-state index in [0.717, 1.165) is 13.0 Å². The van der Waals surface area contributed by atoms with Crippen molar-refractivity contribution < 1.29 is 13.2 Å². The van der Waals surface area contributed by atoms with Crippen LogP contribution in [0, 0.1) is 0 Å². The van der Waals surface area contributed by atoms with Gasteiger partial charge < -0.3 is 15.2 Å². The van der Waals surface area contributed by atoms with Gasteiger partial charge in [-0.25, -0.2) is 18.2 Å². The fraction of sp³-hybridized carbons (Fsp3) is 0.375. The molecule has 2 rings (SSSR count). The summed E-state index contributed by atoms with van der Waals surface area (Å²) in [5.74, 6) is 0. The van der Waals surface area contributed by atoms with E-state index < -0.39 is 21.1 Å². The predicted molar refractivity (Wildman–Crippen MR) is 92.6 cm³/mol. The molecule has 130 valence electrons. The molecule has 7 nitrogen and oxygen atoms in total. The van der Waals surface area contributed by atoms with Crippen LogP contribution >= 0.6 is 0 Å². The van der Waals surface area contributed by atoms with Gasteiger partial charge >= 0.3 is 6.03 Å². The fourth-order valence-electron chi connectivity index (χ4n) is 2.12. The highest BCUT2D eigenvalue weighted by molar-refractivity contribution is 7.92. The maximum atomic E-state index is 12.3. The number of benzene rings is 1. The van der Waals surface area contributed by atoms with Crippen molar-refractivity contribution in [2.24, 2.45) is 0 Å². The minimum absolute atomic E-state index is 0.133. The average molecular weight is 350 g/mol. The van der Waals surface area contributed by atoms with Gasteiger partial charge in [-0.05, 0) is 32.4 Å². The lowest BCUT2D eigenvalue weighted by Crippen LogP contribution is -2.30. The number of aryl methyl sites for hydroxylation is 1. The monoisotopic (exact) mass is 350 g/mol. The number of amides is 2. The van der Waals surface area contributed by atoms with Crippen LogP contribution in [0.4, 0.5) is 10.5 Å². The Labute approximate surface area is 142 Å². The molecule has 0 atom stereocenters. The number of sulfone groups is 1. The first-order valence-electron chi connectivity index (χ1n) is 7.75. The van der Waals surface area contributed by atoms with Crippen LogP contribution in [-0.4, -0.2) is 35.8 Å². The SMILES string of the molecule is CC(C)S(=O)(=O)c1ccccc1NC(=O)NCCCn1ccnc1. The Kier molecular flexibility index (Phi) is 5.97. The Morgan fingerprint density at radius 3 is 2.71 bits per heavy atom. The summed E-state index contributed by atoms with van der Waals surface area (Å²) in [5.41, 5.74) is 0.290. The Balaban J connectivity index is 1.92. The topological polar surface area (TPSA) is 93.1 Å². The number of hydrogen-bond acceptors (Lipinski definition) is 4. The second kappa shape index (κ2) is 7.96. The lowest BCUT2D eigenvalue weighted by molar-refractivity contribution is 0.251. The van der Waals surface area contributed by atoms with Gasteiger partial charge in [0.1, 0.15) is 0 Å². The predicted octanol–water partition coefficient (Wildman–Crippen LogP) is 2.28. The molecule has 1 aromatic heterocycles. The number of carbonyl (C=O) groups is 1. The summed E-state index contributed by atoms with van der Waals surface area (Å²) in [6, 6.07) is 5.99. The van der Waals surface area contributed by atoms with Crippen molar-refractivity contribution in [3.8, 4) is 0 Å². The number of nitrogens with zero attached hydrogens (tertiary/aromatic N) is 2. The summed E-state index contributed by atoms with van der Waals surface area (Å²) in [4.78, 5) is 16.1. The summed E-state index contributed by atoms with van der Waals surface area (Å²) < 4.78 is 26.6. The Morgan fingerprint density at radius 1 is 1.29 bits per heavy atom. The van der Waals surface area contributed by atoms with Crippen LogP contribution in [0.5, 0.6) is 0 Å². The number of aromatic nitrogens is 2. The third-order valence-corrected chi connectivity index (χ3v) is 5.71. The van der Waals surface area contributed by atoms with E-state index in [-0.39, 0.29) is 4.90 Å². The van der Waals surface area contributed by atoms with Crippen LogP contribution in [0.3, 0.4) is 0 Å². The molecule has 0 fully saturated rings. The maximum Gasteiger partial charge on any atom is 0.319 e. The second-order valence-electron chi connectivity index (χ2n) is 5.62. The first-order valence-corrected chi connectivity index (χ1v) is 9.29. The zero-order valence-electron chi connectivity index (χ0n) is 13.8. The molecule has 0 bridgehead atoms. The van der Waals surface area contributed by atoms with Crippen molar-refractivity contribution in [3.63, 3.8) is 0 Å². The van der Waals surface area contributed by atoms with Crippen molar-refractivity contribution in [1.29, 1.82) is 0 Å². The molecule has 2 aromatic rings. The molecule has 0 aliphatic rings. The number of para-hydroxylation sites is 1. The molecule has 24 heavy (non-hydrogen) atoms. The van der Waals surface area contributed by atoms with Crippen LogP contribution in [0.15, 0.2) is 47.9 Å². The summed E-state index contributed by atoms with van der Waals surface area (Å²) in [6.07, 6.45) is 6.02. The van der Waals surface area contributed by atoms with E-state index >= 15 is 0 Å². The van der Waals surface area contributed by atoms with E-state index in [0.29, 0.717) is 12.2 Å². The maximum absolute atomic E-state index is 12.3. The first-order chi connectivity index (χ1) is 11.4. The lowest BCUT2D eigenvalue weighted by atomic mass is 10.3. The Bertz CT molecular complexity index is 770. The van der Waals surface area contributed by atoms with Crippen molar-refractivity contribution in [2.75, 3.05) is 11.9 Å². The van der Waals surface area contributed by atoms with E-state index in [1.807, 2.05) is 10.8 Å². The van der Waals surface area contributed by atoms with E-state index in [1.54, 1.807) is 44.6 Å². The van der Waals surface area contributed by atoms with E-state index in [4.69, 9.17) is 0 Å². The van der Waals surface area contributed by atoms with Gasteiger partial charge in [0.2, 0.25) is 0 Å². The normalized spacial score (nSPS) is 11.5. The molecule has 0 spiro atoms. The van der Waals surface area contributed by atoms with Gasteiger partial charge in [0.25, 0.3) is 0 Å². The third-order valence-electron chi connectivity index (χ3n) is 3.50. The van der Waals surface area contributed by atoms with E-state index in [2.05, 4.69) is 15.6 Å². The highest BCUT2D eigenvalue weighted by atomic mass is 32.2. The van der Waals surface area contributed by atoms with Gasteiger partial charge in [-0.1, -0.05) is 12.1 Å². The average Bonchev–Trinajstić information content (AvgIpc) is 3.05. The van der Waals surface area contributed by atoms with E-state index in [9.17, 15) is 13.2 Å².